The molecule has 20 heavy (non-hydrogen) atoms. The lowest BCUT2D eigenvalue weighted by Gasteiger charge is -2.28. The summed E-state index contributed by atoms with van der Waals surface area (Å²) in [6.45, 7) is 3.28. The molecule has 0 spiro atoms. The van der Waals surface area contributed by atoms with Gasteiger partial charge in [0, 0.05) is 6.54 Å². The maximum Gasteiger partial charge on any atom is 0.247 e. The molecule has 0 radical (unpaired) electrons. The Morgan fingerprint density at radius 1 is 1.20 bits per heavy atom. The van der Waals surface area contributed by atoms with Crippen LogP contribution < -0.4 is 5.32 Å². The van der Waals surface area contributed by atoms with E-state index in [2.05, 4.69) is 32.8 Å². The number of tetrazole rings is 1. The molecule has 6 nitrogen and oxygen atoms in total. The van der Waals surface area contributed by atoms with Crippen LogP contribution in [0.5, 0.6) is 0 Å². The highest BCUT2D eigenvalue weighted by atomic mass is 15.6. The van der Waals surface area contributed by atoms with Crippen molar-refractivity contribution in [2.75, 3.05) is 32.0 Å². The van der Waals surface area contributed by atoms with E-state index in [1.807, 2.05) is 30.3 Å². The number of aromatic nitrogens is 4. The molecule has 0 amide bonds. The molecule has 6 heteroatoms. The largest absolute Gasteiger partial charge is 0.352 e. The van der Waals surface area contributed by atoms with Crippen LogP contribution in [0.1, 0.15) is 12.8 Å². The van der Waals surface area contributed by atoms with Crippen LogP contribution in [0.15, 0.2) is 30.3 Å². The number of hydrogen-bond donors (Lipinski definition) is 1. The van der Waals surface area contributed by atoms with Gasteiger partial charge in [-0.3, -0.25) is 0 Å². The van der Waals surface area contributed by atoms with Gasteiger partial charge in [0.05, 0.1) is 5.69 Å². The molecule has 0 aliphatic carbocycles. The minimum Gasteiger partial charge on any atom is -0.352 e. The molecule has 2 aromatic rings. The number of benzene rings is 1. The first-order chi connectivity index (χ1) is 9.83. The summed E-state index contributed by atoms with van der Waals surface area (Å²) in [7, 11) is 2.18. The summed E-state index contributed by atoms with van der Waals surface area (Å²) in [5.74, 6) is 1.42. The van der Waals surface area contributed by atoms with Crippen LogP contribution in [0.4, 0.5) is 5.95 Å². The highest BCUT2D eigenvalue weighted by Crippen LogP contribution is 2.17. The maximum atomic E-state index is 4.07. The Labute approximate surface area is 118 Å². The van der Waals surface area contributed by atoms with Gasteiger partial charge in [0.15, 0.2) is 0 Å². The van der Waals surface area contributed by atoms with Crippen LogP contribution in [0.2, 0.25) is 0 Å². The normalized spacial score (nSPS) is 17.2. The molecule has 1 fully saturated rings. The minimum atomic E-state index is 0.701. The van der Waals surface area contributed by atoms with Crippen molar-refractivity contribution in [3.63, 3.8) is 0 Å². The molecule has 2 heterocycles. The van der Waals surface area contributed by atoms with E-state index in [1.165, 1.54) is 25.9 Å². The van der Waals surface area contributed by atoms with E-state index < -0.39 is 0 Å². The van der Waals surface area contributed by atoms with Gasteiger partial charge in [-0.1, -0.05) is 23.3 Å². The van der Waals surface area contributed by atoms with Crippen LogP contribution in [-0.4, -0.2) is 51.8 Å². The molecular weight excluding hydrogens is 252 g/mol. The zero-order chi connectivity index (χ0) is 13.8. The van der Waals surface area contributed by atoms with Crippen molar-refractivity contribution in [1.82, 2.24) is 25.1 Å². The summed E-state index contributed by atoms with van der Waals surface area (Å²) in [5, 5.41) is 15.3. The van der Waals surface area contributed by atoms with E-state index in [1.54, 1.807) is 4.68 Å². The maximum absolute atomic E-state index is 4.07. The van der Waals surface area contributed by atoms with Crippen LogP contribution in [-0.2, 0) is 0 Å². The Bertz CT molecular complexity index is 530. The van der Waals surface area contributed by atoms with Gasteiger partial charge >= 0.3 is 0 Å². The van der Waals surface area contributed by atoms with Crippen molar-refractivity contribution in [2.24, 2.45) is 5.92 Å². The molecule has 1 aromatic heterocycles. The number of hydrogen-bond acceptors (Lipinski definition) is 5. The molecular formula is C14H20N6. The third-order valence-corrected chi connectivity index (χ3v) is 3.86. The number of anilines is 1. The molecule has 1 aliphatic heterocycles. The van der Waals surface area contributed by atoms with E-state index in [4.69, 9.17) is 0 Å². The van der Waals surface area contributed by atoms with Crippen molar-refractivity contribution < 1.29 is 0 Å². The summed E-state index contributed by atoms with van der Waals surface area (Å²) in [4.78, 5) is 2.38. The summed E-state index contributed by atoms with van der Waals surface area (Å²) in [5.41, 5.74) is 0.975. The van der Waals surface area contributed by atoms with Gasteiger partial charge < -0.3 is 10.2 Å². The van der Waals surface area contributed by atoms with Crippen LogP contribution in [0, 0.1) is 5.92 Å². The average molecular weight is 272 g/mol. The molecule has 0 atom stereocenters. The molecule has 1 aliphatic rings. The number of para-hydroxylation sites is 1. The summed E-state index contributed by atoms with van der Waals surface area (Å²) < 4.78 is 1.74. The lowest BCUT2D eigenvalue weighted by atomic mass is 9.97. The number of piperidine rings is 1. The third-order valence-electron chi connectivity index (χ3n) is 3.86. The molecule has 1 N–H and O–H groups in total. The van der Waals surface area contributed by atoms with Gasteiger partial charge in [0.2, 0.25) is 5.95 Å². The lowest BCUT2D eigenvalue weighted by molar-refractivity contribution is 0.226. The summed E-state index contributed by atoms with van der Waals surface area (Å²) in [6, 6.07) is 9.95. The predicted molar refractivity (Wildman–Crippen MR) is 77.9 cm³/mol. The SMILES string of the molecule is CN1CCC(CNc2nnnn2-c2ccccc2)CC1. The fourth-order valence-corrected chi connectivity index (χ4v) is 2.54. The molecule has 1 aromatic carbocycles. The lowest BCUT2D eigenvalue weighted by Crippen LogP contribution is -2.33. The molecule has 106 valence electrons. The topological polar surface area (TPSA) is 58.9 Å². The van der Waals surface area contributed by atoms with Gasteiger partial charge in [-0.15, -0.1) is 0 Å². The molecule has 0 unspecified atom stereocenters. The van der Waals surface area contributed by atoms with Gasteiger partial charge in [0.1, 0.15) is 0 Å². The van der Waals surface area contributed by atoms with Crippen molar-refractivity contribution in [3.8, 4) is 5.69 Å². The average Bonchev–Trinajstić information content (AvgIpc) is 2.96. The van der Waals surface area contributed by atoms with Gasteiger partial charge in [-0.2, -0.15) is 4.68 Å². The van der Waals surface area contributed by atoms with Gasteiger partial charge in [-0.05, 0) is 61.5 Å². The molecule has 0 saturated carbocycles. The first kappa shape index (κ1) is 13.1. The zero-order valence-electron chi connectivity index (χ0n) is 11.7. The Morgan fingerprint density at radius 3 is 2.70 bits per heavy atom. The van der Waals surface area contributed by atoms with Crippen molar-refractivity contribution in [1.29, 1.82) is 0 Å². The standard InChI is InChI=1S/C14H20N6/c1-19-9-7-12(8-10-19)11-15-14-16-17-18-20(14)13-5-3-2-4-6-13/h2-6,12H,7-11H2,1H3,(H,15,16,18). The minimum absolute atomic E-state index is 0.701. The third kappa shape index (κ3) is 2.96. The van der Waals surface area contributed by atoms with Crippen LogP contribution >= 0.6 is 0 Å². The Balaban J connectivity index is 1.63. The van der Waals surface area contributed by atoms with Crippen LogP contribution in [0.25, 0.3) is 5.69 Å². The first-order valence-corrected chi connectivity index (χ1v) is 7.09. The first-order valence-electron chi connectivity index (χ1n) is 7.09. The Morgan fingerprint density at radius 2 is 1.95 bits per heavy atom. The second-order valence-electron chi connectivity index (χ2n) is 5.38. The molecule has 1 saturated heterocycles. The van der Waals surface area contributed by atoms with Gasteiger partial charge in [-0.25, -0.2) is 0 Å². The number of likely N-dealkylation sites (tertiary alicyclic amines) is 1. The fraction of sp³-hybridized carbons (Fsp3) is 0.500. The van der Waals surface area contributed by atoms with E-state index in [9.17, 15) is 0 Å². The van der Waals surface area contributed by atoms with E-state index in [0.29, 0.717) is 5.92 Å². The molecule has 0 bridgehead atoms. The zero-order valence-corrected chi connectivity index (χ0v) is 11.7. The summed E-state index contributed by atoms with van der Waals surface area (Å²) >= 11 is 0. The highest BCUT2D eigenvalue weighted by Gasteiger charge is 2.17. The second kappa shape index (κ2) is 6.00. The summed E-state index contributed by atoms with van der Waals surface area (Å²) in [6.07, 6.45) is 2.47. The Kier molecular flexibility index (Phi) is 3.92. The highest BCUT2D eigenvalue weighted by molar-refractivity contribution is 5.38. The van der Waals surface area contributed by atoms with Gasteiger partial charge in [0.25, 0.3) is 0 Å². The van der Waals surface area contributed by atoms with E-state index in [-0.39, 0.29) is 0 Å². The van der Waals surface area contributed by atoms with Crippen molar-refractivity contribution in [2.45, 2.75) is 12.8 Å². The van der Waals surface area contributed by atoms with Crippen molar-refractivity contribution >= 4 is 5.95 Å². The predicted octanol–water partition coefficient (Wildman–Crippen LogP) is 1.42. The second-order valence-corrected chi connectivity index (χ2v) is 5.38. The van der Waals surface area contributed by atoms with E-state index in [0.717, 1.165) is 18.2 Å². The number of nitrogens with zero attached hydrogens (tertiary/aromatic N) is 5. The monoisotopic (exact) mass is 272 g/mol. The smallest absolute Gasteiger partial charge is 0.247 e. The van der Waals surface area contributed by atoms with Crippen molar-refractivity contribution in [3.05, 3.63) is 30.3 Å². The number of rotatable bonds is 4. The van der Waals surface area contributed by atoms with E-state index >= 15 is 0 Å². The number of nitrogens with one attached hydrogen (secondary N) is 1. The fourth-order valence-electron chi connectivity index (χ4n) is 2.54. The molecule has 3 rings (SSSR count). The Hall–Kier alpha value is -1.95. The van der Waals surface area contributed by atoms with Crippen LogP contribution in [0.3, 0.4) is 0 Å². The quantitative estimate of drug-likeness (QED) is 0.912.